The number of benzene rings is 2. The van der Waals surface area contributed by atoms with Crippen molar-refractivity contribution < 1.29 is 0 Å². The summed E-state index contributed by atoms with van der Waals surface area (Å²) in [6.45, 7) is 0. The monoisotopic (exact) mass is 209 g/mol. The van der Waals surface area contributed by atoms with E-state index in [2.05, 4.69) is 44.9 Å². The number of tetrazole rings is 1. The van der Waals surface area contributed by atoms with E-state index in [1.165, 1.54) is 16.3 Å². The van der Waals surface area contributed by atoms with Crippen LogP contribution in [-0.4, -0.2) is 15.5 Å². The van der Waals surface area contributed by atoms with Gasteiger partial charge in [0.2, 0.25) is 0 Å². The molecule has 0 N–H and O–H groups in total. The van der Waals surface area contributed by atoms with Gasteiger partial charge in [-0.05, 0) is 16.3 Å². The third-order valence-corrected chi connectivity index (χ3v) is 2.59. The van der Waals surface area contributed by atoms with Gasteiger partial charge in [0.05, 0.1) is 0 Å². The molecule has 0 saturated carbocycles. The second kappa shape index (κ2) is 3.73. The van der Waals surface area contributed by atoms with E-state index in [0.717, 1.165) is 0 Å². The minimum atomic E-state index is 0.663. The van der Waals surface area contributed by atoms with Crippen molar-refractivity contribution in [3.8, 4) is 0 Å². The molecule has 0 atom stereocenters. The highest BCUT2D eigenvalue weighted by atomic mass is 15.5. The molecule has 0 aliphatic heterocycles. The Morgan fingerprint density at radius 1 is 1.00 bits per heavy atom. The molecule has 0 fully saturated rings. The van der Waals surface area contributed by atoms with Gasteiger partial charge in [0.1, 0.15) is 0 Å². The lowest BCUT2D eigenvalue weighted by molar-refractivity contribution is 0.871. The first-order valence-corrected chi connectivity index (χ1v) is 5.08. The first kappa shape index (κ1) is 9.03. The molecule has 1 heterocycles. The van der Waals surface area contributed by atoms with Crippen LogP contribution >= 0.6 is 0 Å². The summed E-state index contributed by atoms with van der Waals surface area (Å²) in [7, 11) is 0. The molecule has 0 spiro atoms. The van der Waals surface area contributed by atoms with Gasteiger partial charge in [-0.25, -0.2) is 0 Å². The topological polar surface area (TPSA) is 52.8 Å². The lowest BCUT2D eigenvalue weighted by Gasteiger charge is -2.05. The van der Waals surface area contributed by atoms with Crippen LogP contribution in [0.1, 0.15) is 11.4 Å². The number of hydrogen-bond acceptors (Lipinski definition) is 3. The van der Waals surface area contributed by atoms with Crippen molar-refractivity contribution in [2.24, 2.45) is 0 Å². The summed E-state index contributed by atoms with van der Waals surface area (Å²) < 4.78 is 0. The summed E-state index contributed by atoms with van der Waals surface area (Å²) in [5.41, 5.74) is 1.20. The first-order chi connectivity index (χ1) is 7.93. The Morgan fingerprint density at radius 3 is 2.75 bits per heavy atom. The highest BCUT2D eigenvalue weighted by molar-refractivity contribution is 5.85. The van der Waals surface area contributed by atoms with Gasteiger partial charge in [-0.15, -0.1) is 0 Å². The molecule has 2 aromatic carbocycles. The number of aromatic nitrogens is 4. The molecule has 4 heteroatoms. The summed E-state index contributed by atoms with van der Waals surface area (Å²) in [4.78, 5) is 0. The van der Waals surface area contributed by atoms with Crippen LogP contribution in [0.3, 0.4) is 0 Å². The summed E-state index contributed by atoms with van der Waals surface area (Å²) in [5, 5.41) is 17.1. The third kappa shape index (κ3) is 1.54. The van der Waals surface area contributed by atoms with Crippen LogP contribution in [0, 0.1) is 0 Å². The van der Waals surface area contributed by atoms with Crippen molar-refractivity contribution in [3.05, 3.63) is 53.9 Å². The summed E-state index contributed by atoms with van der Waals surface area (Å²) in [5.74, 6) is 0.663. The molecular weight excluding hydrogens is 200 g/mol. The van der Waals surface area contributed by atoms with Gasteiger partial charge in [0.15, 0.2) is 0 Å². The standard InChI is InChI=1S/C12H9N4/c1-2-7-11-9(4-1)5-3-6-10(11)8-12-13-15-16-14-12/h1-7H,8H2/q-1. The average molecular weight is 209 g/mol. The maximum Gasteiger partial charge on any atom is 0.0143 e. The molecule has 3 rings (SSSR count). The number of nitrogens with zero attached hydrogens (tertiary/aromatic N) is 4. The Balaban J connectivity index is 2.10. The van der Waals surface area contributed by atoms with Crippen LogP contribution in [0.25, 0.3) is 10.8 Å². The molecule has 0 aliphatic rings. The van der Waals surface area contributed by atoms with Gasteiger partial charge in [-0.2, -0.15) is 5.21 Å². The smallest absolute Gasteiger partial charge is 0.0143 e. The van der Waals surface area contributed by atoms with E-state index in [1.807, 2.05) is 18.2 Å². The molecule has 0 saturated heterocycles. The zero-order valence-electron chi connectivity index (χ0n) is 8.54. The second-order valence-electron chi connectivity index (χ2n) is 3.61. The quantitative estimate of drug-likeness (QED) is 0.643. The maximum absolute atomic E-state index is 3.85. The fourth-order valence-corrected chi connectivity index (χ4v) is 1.85. The van der Waals surface area contributed by atoms with E-state index in [9.17, 15) is 0 Å². The van der Waals surface area contributed by atoms with Crippen molar-refractivity contribution in [1.29, 1.82) is 0 Å². The van der Waals surface area contributed by atoms with Crippen molar-refractivity contribution in [1.82, 2.24) is 20.6 Å². The Morgan fingerprint density at radius 2 is 1.88 bits per heavy atom. The first-order valence-electron chi connectivity index (χ1n) is 5.08. The minimum absolute atomic E-state index is 0.663. The fourth-order valence-electron chi connectivity index (χ4n) is 1.85. The van der Waals surface area contributed by atoms with Crippen LogP contribution in [0.5, 0.6) is 0 Å². The van der Waals surface area contributed by atoms with E-state index in [-0.39, 0.29) is 0 Å². The summed E-state index contributed by atoms with van der Waals surface area (Å²) in [6.07, 6.45) is 0.675. The molecule has 3 aromatic rings. The van der Waals surface area contributed by atoms with Crippen molar-refractivity contribution >= 4 is 10.8 Å². The molecular formula is C12H9N4-. The lowest BCUT2D eigenvalue weighted by Crippen LogP contribution is -1.93. The normalized spacial score (nSPS) is 10.8. The zero-order chi connectivity index (χ0) is 10.8. The van der Waals surface area contributed by atoms with Crippen molar-refractivity contribution in [2.75, 3.05) is 0 Å². The molecule has 0 bridgehead atoms. The number of fused-ring (bicyclic) bond motifs is 1. The Kier molecular flexibility index (Phi) is 2.11. The second-order valence-corrected chi connectivity index (χ2v) is 3.61. The van der Waals surface area contributed by atoms with Gasteiger partial charge in [0.25, 0.3) is 0 Å². The van der Waals surface area contributed by atoms with E-state index >= 15 is 0 Å². The zero-order valence-corrected chi connectivity index (χ0v) is 8.54. The molecule has 0 radical (unpaired) electrons. The molecule has 16 heavy (non-hydrogen) atoms. The summed E-state index contributed by atoms with van der Waals surface area (Å²) in [6, 6.07) is 14.5. The fraction of sp³-hybridized carbons (Fsp3) is 0.0833. The molecule has 4 nitrogen and oxygen atoms in total. The van der Waals surface area contributed by atoms with Gasteiger partial charge in [-0.1, -0.05) is 42.5 Å². The van der Waals surface area contributed by atoms with Gasteiger partial charge in [0, 0.05) is 12.2 Å². The van der Waals surface area contributed by atoms with Gasteiger partial charge >= 0.3 is 0 Å². The van der Waals surface area contributed by atoms with Crippen LogP contribution in [0.4, 0.5) is 0 Å². The van der Waals surface area contributed by atoms with Crippen LogP contribution < -0.4 is 5.10 Å². The minimum Gasteiger partial charge on any atom is -0.335 e. The average Bonchev–Trinajstić information content (AvgIpc) is 2.82. The van der Waals surface area contributed by atoms with Crippen LogP contribution in [0.15, 0.2) is 42.5 Å². The van der Waals surface area contributed by atoms with Crippen LogP contribution in [-0.2, 0) is 6.42 Å². The molecule has 78 valence electrons. The number of rotatable bonds is 2. The highest BCUT2D eigenvalue weighted by Crippen LogP contribution is 2.19. The highest BCUT2D eigenvalue weighted by Gasteiger charge is 2.00. The molecule has 0 aliphatic carbocycles. The molecule has 0 unspecified atom stereocenters. The lowest BCUT2D eigenvalue weighted by atomic mass is 10.0. The van der Waals surface area contributed by atoms with E-state index in [4.69, 9.17) is 0 Å². The Labute approximate surface area is 92.3 Å². The molecule has 0 amide bonds. The van der Waals surface area contributed by atoms with E-state index < -0.39 is 0 Å². The maximum atomic E-state index is 3.85. The van der Waals surface area contributed by atoms with E-state index in [0.29, 0.717) is 12.2 Å². The third-order valence-electron chi connectivity index (χ3n) is 2.59. The predicted molar refractivity (Wildman–Crippen MR) is 59.9 cm³/mol. The van der Waals surface area contributed by atoms with Gasteiger partial charge in [-0.3, -0.25) is 10.3 Å². The molecule has 1 aromatic heterocycles. The Hall–Kier alpha value is -2.23. The SMILES string of the molecule is c1ccc2c(Cc3nnn[n-]3)cccc2c1. The Bertz CT molecular complexity index is 596. The van der Waals surface area contributed by atoms with Crippen molar-refractivity contribution in [3.63, 3.8) is 0 Å². The largest absolute Gasteiger partial charge is 0.335 e. The van der Waals surface area contributed by atoms with E-state index in [1.54, 1.807) is 0 Å². The number of hydrogen-bond donors (Lipinski definition) is 0. The van der Waals surface area contributed by atoms with Gasteiger partial charge < -0.3 is 5.10 Å². The summed E-state index contributed by atoms with van der Waals surface area (Å²) >= 11 is 0. The van der Waals surface area contributed by atoms with Crippen molar-refractivity contribution in [2.45, 2.75) is 6.42 Å². The van der Waals surface area contributed by atoms with Crippen LogP contribution in [0.2, 0.25) is 0 Å². The predicted octanol–water partition coefficient (Wildman–Crippen LogP) is 1.57.